The van der Waals surface area contributed by atoms with Crippen molar-refractivity contribution in [1.29, 1.82) is 0 Å². The number of carbonyl (C=O) groups excluding carboxylic acids is 1. The van der Waals surface area contributed by atoms with E-state index in [1.165, 1.54) is 5.56 Å². The van der Waals surface area contributed by atoms with E-state index in [4.69, 9.17) is 4.43 Å². The van der Waals surface area contributed by atoms with Gasteiger partial charge in [-0.25, -0.2) is 0 Å². The van der Waals surface area contributed by atoms with Crippen LogP contribution in [-0.4, -0.2) is 16.5 Å². The lowest BCUT2D eigenvalue weighted by atomic mass is 9.86. The fourth-order valence-electron chi connectivity index (χ4n) is 1.48. The molecule has 2 nitrogen and oxygen atoms in total. The molecule has 1 rings (SSSR count). The molecule has 0 saturated carbocycles. The Morgan fingerprint density at radius 3 is 2.47 bits per heavy atom. The fraction of sp³-hybridized carbons (Fsp3) is 0.417. The molecule has 0 N–H and O–H groups in total. The summed E-state index contributed by atoms with van der Waals surface area (Å²) in [7, 11) is 0.481. The van der Waals surface area contributed by atoms with Crippen molar-refractivity contribution in [2.45, 2.75) is 26.7 Å². The van der Waals surface area contributed by atoms with E-state index in [-0.39, 0.29) is 11.4 Å². The van der Waals surface area contributed by atoms with Crippen molar-refractivity contribution in [3.63, 3.8) is 0 Å². The van der Waals surface area contributed by atoms with Crippen molar-refractivity contribution in [2.24, 2.45) is 5.41 Å². The van der Waals surface area contributed by atoms with Crippen LogP contribution < -0.4 is 0 Å². The van der Waals surface area contributed by atoms with Gasteiger partial charge in [0.2, 0.25) is 10.5 Å². The van der Waals surface area contributed by atoms with Crippen molar-refractivity contribution in [2.75, 3.05) is 0 Å². The van der Waals surface area contributed by atoms with Crippen molar-refractivity contribution in [3.8, 4) is 0 Å². The van der Waals surface area contributed by atoms with E-state index in [2.05, 4.69) is 12.1 Å². The molecule has 0 heterocycles. The van der Waals surface area contributed by atoms with Crippen LogP contribution in [0.2, 0.25) is 0 Å². The van der Waals surface area contributed by atoms with Crippen molar-refractivity contribution in [1.82, 2.24) is 0 Å². The van der Waals surface area contributed by atoms with Crippen LogP contribution in [0, 0.1) is 5.41 Å². The van der Waals surface area contributed by atoms with E-state index < -0.39 is 0 Å². The smallest absolute Gasteiger partial charge is 0.297 e. The van der Waals surface area contributed by atoms with Crippen LogP contribution in [-0.2, 0) is 15.6 Å². The highest BCUT2D eigenvalue weighted by molar-refractivity contribution is 6.06. The average molecular weight is 222 g/mol. The Morgan fingerprint density at radius 2 is 1.93 bits per heavy atom. The molecule has 0 fully saturated rings. The second-order valence-corrected chi connectivity index (χ2v) is 4.77. The molecule has 82 valence electrons. The molecule has 0 unspecified atom stereocenters. The first-order valence-electron chi connectivity index (χ1n) is 5.18. The standard InChI is InChI=1S/C12H18O2Si/c1-12(2,11(13)14-15)9-8-10-6-4-3-5-7-10/h3-7H,8-9H2,1-2,15H3. The number of benzene rings is 1. The summed E-state index contributed by atoms with van der Waals surface area (Å²) in [5.41, 5.74) is 0.907. The molecule has 15 heavy (non-hydrogen) atoms. The Morgan fingerprint density at radius 1 is 1.33 bits per heavy atom. The van der Waals surface area contributed by atoms with E-state index in [1.807, 2.05) is 32.0 Å². The van der Waals surface area contributed by atoms with Gasteiger partial charge in [0.05, 0.1) is 5.41 Å². The minimum atomic E-state index is -0.364. The Bertz CT molecular complexity index is 320. The molecule has 3 heteroatoms. The van der Waals surface area contributed by atoms with Crippen LogP contribution >= 0.6 is 0 Å². The minimum absolute atomic E-state index is 0.0786. The highest BCUT2D eigenvalue weighted by atomic mass is 28.2. The fourth-order valence-corrected chi connectivity index (χ4v) is 2.03. The van der Waals surface area contributed by atoms with Gasteiger partial charge in [-0.15, -0.1) is 0 Å². The summed E-state index contributed by atoms with van der Waals surface area (Å²) in [6, 6.07) is 10.2. The molecule has 0 amide bonds. The average Bonchev–Trinajstić information content (AvgIpc) is 2.27. The van der Waals surface area contributed by atoms with Gasteiger partial charge in [-0.1, -0.05) is 30.3 Å². The van der Waals surface area contributed by atoms with Gasteiger partial charge in [-0.2, -0.15) is 0 Å². The first kappa shape index (κ1) is 12.0. The summed E-state index contributed by atoms with van der Waals surface area (Å²) in [5, 5.41) is 0. The Labute approximate surface area is 94.2 Å². The van der Waals surface area contributed by atoms with E-state index >= 15 is 0 Å². The van der Waals surface area contributed by atoms with Crippen LogP contribution in [0.1, 0.15) is 25.8 Å². The van der Waals surface area contributed by atoms with E-state index in [0.717, 1.165) is 12.8 Å². The molecule has 0 aliphatic carbocycles. The third-order valence-electron chi connectivity index (χ3n) is 2.62. The molecule has 1 aromatic carbocycles. The monoisotopic (exact) mass is 222 g/mol. The summed E-state index contributed by atoms with van der Waals surface area (Å²) in [4.78, 5) is 11.5. The summed E-state index contributed by atoms with van der Waals surface area (Å²) < 4.78 is 4.90. The van der Waals surface area contributed by atoms with E-state index in [1.54, 1.807) is 0 Å². The molecule has 0 bridgehead atoms. The Balaban J connectivity index is 2.53. The van der Waals surface area contributed by atoms with Gasteiger partial charge < -0.3 is 4.43 Å². The lowest BCUT2D eigenvalue weighted by Gasteiger charge is -2.21. The highest BCUT2D eigenvalue weighted by Crippen LogP contribution is 2.24. The topological polar surface area (TPSA) is 26.3 Å². The molecule has 0 aromatic heterocycles. The third kappa shape index (κ3) is 3.51. The summed E-state index contributed by atoms with van der Waals surface area (Å²) >= 11 is 0. The maximum absolute atomic E-state index is 11.5. The summed E-state index contributed by atoms with van der Waals surface area (Å²) in [6.45, 7) is 3.88. The van der Waals surface area contributed by atoms with Gasteiger partial charge in [-0.05, 0) is 32.3 Å². The van der Waals surface area contributed by atoms with Gasteiger partial charge in [0.25, 0.3) is 5.97 Å². The first-order valence-corrected chi connectivity index (χ1v) is 6.00. The normalized spacial score (nSPS) is 11.3. The zero-order valence-electron chi connectivity index (χ0n) is 9.62. The van der Waals surface area contributed by atoms with E-state index in [0.29, 0.717) is 10.5 Å². The molecule has 0 aliphatic heterocycles. The number of hydrogen-bond acceptors (Lipinski definition) is 2. The van der Waals surface area contributed by atoms with Gasteiger partial charge in [0, 0.05) is 0 Å². The predicted octanol–water partition coefficient (Wildman–Crippen LogP) is 1.47. The van der Waals surface area contributed by atoms with Crippen LogP contribution in [0.4, 0.5) is 0 Å². The number of aryl methyl sites for hydroxylation is 1. The highest BCUT2D eigenvalue weighted by Gasteiger charge is 2.27. The molecular formula is C12H18O2Si. The van der Waals surface area contributed by atoms with Crippen molar-refractivity contribution >= 4 is 16.5 Å². The Hall–Kier alpha value is -1.09. The minimum Gasteiger partial charge on any atom is -0.528 e. The van der Waals surface area contributed by atoms with Crippen LogP contribution in [0.3, 0.4) is 0 Å². The molecule has 0 saturated heterocycles. The zero-order chi connectivity index (χ0) is 11.3. The van der Waals surface area contributed by atoms with Crippen LogP contribution in [0.25, 0.3) is 0 Å². The molecule has 0 radical (unpaired) electrons. The quantitative estimate of drug-likeness (QED) is 0.721. The largest absolute Gasteiger partial charge is 0.528 e. The molecular weight excluding hydrogens is 204 g/mol. The lowest BCUT2D eigenvalue weighted by molar-refractivity contribution is -0.143. The van der Waals surface area contributed by atoms with Crippen LogP contribution in [0.5, 0.6) is 0 Å². The SMILES string of the molecule is CC(C)(CCc1ccccc1)C(=O)O[SiH3]. The summed E-state index contributed by atoms with van der Waals surface area (Å²) in [6.07, 6.45) is 1.75. The van der Waals surface area contributed by atoms with Crippen LogP contribution in [0.15, 0.2) is 30.3 Å². The van der Waals surface area contributed by atoms with Gasteiger partial charge in [-0.3, -0.25) is 4.79 Å². The summed E-state index contributed by atoms with van der Waals surface area (Å²) in [5.74, 6) is -0.0786. The van der Waals surface area contributed by atoms with Crippen molar-refractivity contribution < 1.29 is 9.22 Å². The molecule has 0 spiro atoms. The van der Waals surface area contributed by atoms with E-state index in [9.17, 15) is 4.79 Å². The molecule has 0 aliphatic rings. The second-order valence-electron chi connectivity index (χ2n) is 4.36. The Kier molecular flexibility index (Phi) is 4.09. The number of carbonyl (C=O) groups is 1. The molecule has 0 atom stereocenters. The zero-order valence-corrected chi connectivity index (χ0v) is 11.6. The predicted molar refractivity (Wildman–Crippen MR) is 64.6 cm³/mol. The third-order valence-corrected chi connectivity index (χ3v) is 2.99. The van der Waals surface area contributed by atoms with Crippen molar-refractivity contribution in [3.05, 3.63) is 35.9 Å². The maximum Gasteiger partial charge on any atom is 0.297 e. The first-order chi connectivity index (χ1) is 7.06. The second kappa shape index (κ2) is 5.12. The lowest BCUT2D eigenvalue weighted by Crippen LogP contribution is -2.26. The van der Waals surface area contributed by atoms with Gasteiger partial charge in [0.1, 0.15) is 0 Å². The van der Waals surface area contributed by atoms with Gasteiger partial charge >= 0.3 is 0 Å². The number of hydrogen-bond donors (Lipinski definition) is 0. The maximum atomic E-state index is 11.5. The number of rotatable bonds is 4. The molecule has 1 aromatic rings. The van der Waals surface area contributed by atoms with Gasteiger partial charge in [0.15, 0.2) is 0 Å².